The first-order valence-electron chi connectivity index (χ1n) is 6.98. The summed E-state index contributed by atoms with van der Waals surface area (Å²) in [4.78, 5) is 4.33. The standard InChI is InChI=1S/C19H12FN2O.H2N.W/c1-13-3-2-4-14(9-13)19-11-17(7-8-22-19)23-16-5-6-18(20)15(10-16)12-21;;/h2,4-11H,1H3;1H2;/q2*-1;+2. The molecule has 0 amide bonds. The number of nitriles is 1. The molecule has 3 rings (SSSR count). The van der Waals surface area contributed by atoms with Crippen molar-refractivity contribution in [2.24, 2.45) is 0 Å². The topological polar surface area (TPSA) is 79.4 Å². The van der Waals surface area contributed by atoms with E-state index in [1.54, 1.807) is 24.4 Å². The molecule has 3 aromatic rings. The van der Waals surface area contributed by atoms with Gasteiger partial charge in [0.2, 0.25) is 0 Å². The number of hydrogen-bond donors (Lipinski definition) is 0. The molecule has 1 aromatic heterocycles. The van der Waals surface area contributed by atoms with Crippen molar-refractivity contribution >= 4 is 0 Å². The molecule has 6 heteroatoms. The molecule has 0 aliphatic carbocycles. The monoisotopic (exact) mass is 503 g/mol. The van der Waals surface area contributed by atoms with E-state index < -0.39 is 5.82 Å². The van der Waals surface area contributed by atoms with Crippen LogP contribution >= 0.6 is 0 Å². The number of aryl methyl sites for hydroxylation is 1. The van der Waals surface area contributed by atoms with Crippen LogP contribution in [0.15, 0.2) is 54.7 Å². The summed E-state index contributed by atoms with van der Waals surface area (Å²) < 4.78 is 19.0. The fourth-order valence-corrected chi connectivity index (χ4v) is 2.17. The zero-order valence-corrected chi connectivity index (χ0v) is 16.3. The summed E-state index contributed by atoms with van der Waals surface area (Å²) in [5.74, 6) is 0.403. The van der Waals surface area contributed by atoms with E-state index in [2.05, 4.69) is 11.1 Å². The molecular formula is C19H14FN3OW. The van der Waals surface area contributed by atoms with Gasteiger partial charge in [0, 0.05) is 24.0 Å². The molecular weight excluding hydrogens is 489 g/mol. The van der Waals surface area contributed by atoms with E-state index in [1.165, 1.54) is 18.2 Å². The van der Waals surface area contributed by atoms with Gasteiger partial charge in [0.25, 0.3) is 0 Å². The van der Waals surface area contributed by atoms with Crippen molar-refractivity contribution in [3.05, 3.63) is 83.9 Å². The minimum absolute atomic E-state index is 0. The first-order chi connectivity index (χ1) is 11.2. The number of ether oxygens (including phenoxy) is 1. The normalized spacial score (nSPS) is 9.32. The average Bonchev–Trinajstić information content (AvgIpc) is 2.57. The largest absolute Gasteiger partial charge is 2.00 e. The molecule has 0 aliphatic heterocycles. The van der Waals surface area contributed by atoms with Crippen LogP contribution < -0.4 is 4.74 Å². The predicted octanol–water partition coefficient (Wildman–Crippen LogP) is 5.37. The first kappa shape index (κ1) is 20.5. The number of aromatic nitrogens is 1. The SMILES string of the molecule is Cc1[c-]ccc(-c2cc(Oc3ccc(F)c(C#N)c3)ccn2)c1.[NH2-].[W+2]. The third kappa shape index (κ3) is 4.96. The Hall–Kier alpha value is -2.54. The third-order valence-corrected chi connectivity index (χ3v) is 3.27. The van der Waals surface area contributed by atoms with Crippen LogP contribution in [0.4, 0.5) is 4.39 Å². The molecule has 124 valence electrons. The van der Waals surface area contributed by atoms with Crippen LogP contribution in [-0.2, 0) is 21.1 Å². The van der Waals surface area contributed by atoms with E-state index in [-0.39, 0.29) is 32.8 Å². The quantitative estimate of drug-likeness (QED) is 0.451. The van der Waals surface area contributed by atoms with Crippen LogP contribution in [-0.4, -0.2) is 4.98 Å². The number of pyridine rings is 1. The van der Waals surface area contributed by atoms with Gasteiger partial charge in [-0.05, 0) is 18.2 Å². The Morgan fingerprint density at radius 3 is 2.60 bits per heavy atom. The van der Waals surface area contributed by atoms with Crippen LogP contribution in [0.5, 0.6) is 11.5 Å². The maximum absolute atomic E-state index is 13.3. The van der Waals surface area contributed by atoms with Gasteiger partial charge in [-0.15, -0.1) is 5.56 Å². The number of halogens is 1. The zero-order chi connectivity index (χ0) is 16.2. The number of hydrogen-bond acceptors (Lipinski definition) is 3. The molecule has 2 N–H and O–H groups in total. The minimum atomic E-state index is -0.564. The molecule has 0 saturated carbocycles. The third-order valence-electron chi connectivity index (χ3n) is 3.27. The number of nitrogens with zero attached hydrogens (tertiary/aromatic N) is 2. The van der Waals surface area contributed by atoms with Crippen molar-refractivity contribution in [3.8, 4) is 28.8 Å². The Kier molecular flexibility index (Phi) is 7.44. The van der Waals surface area contributed by atoms with Crippen molar-refractivity contribution in [3.63, 3.8) is 0 Å². The van der Waals surface area contributed by atoms with Crippen molar-refractivity contribution in [2.45, 2.75) is 6.92 Å². The summed E-state index contributed by atoms with van der Waals surface area (Å²) in [6.45, 7) is 1.96. The molecule has 0 atom stereocenters. The second-order valence-corrected chi connectivity index (χ2v) is 4.99. The summed E-state index contributed by atoms with van der Waals surface area (Å²) in [6.07, 6.45) is 1.64. The van der Waals surface area contributed by atoms with Crippen molar-refractivity contribution < 1.29 is 30.2 Å². The first-order valence-corrected chi connectivity index (χ1v) is 6.98. The van der Waals surface area contributed by atoms with Crippen LogP contribution in [0.3, 0.4) is 0 Å². The van der Waals surface area contributed by atoms with Gasteiger partial charge in [0.05, 0.1) is 5.56 Å². The minimum Gasteiger partial charge on any atom is -0.693 e. The fraction of sp³-hybridized carbons (Fsp3) is 0.0526. The molecule has 2 aromatic carbocycles. The second kappa shape index (κ2) is 9.08. The Morgan fingerprint density at radius 1 is 1.12 bits per heavy atom. The van der Waals surface area contributed by atoms with E-state index in [9.17, 15) is 4.39 Å². The Bertz CT molecular complexity index is 909. The van der Waals surface area contributed by atoms with Gasteiger partial charge in [-0.3, -0.25) is 4.98 Å². The smallest absolute Gasteiger partial charge is 0.693 e. The van der Waals surface area contributed by atoms with Gasteiger partial charge >= 0.3 is 21.1 Å². The maximum atomic E-state index is 13.3. The number of nitrogens with two attached hydrogens (primary N) is 1. The Balaban J connectivity index is 0.00000156. The summed E-state index contributed by atoms with van der Waals surface area (Å²) in [7, 11) is 0. The van der Waals surface area contributed by atoms with E-state index in [1.807, 2.05) is 25.1 Å². The van der Waals surface area contributed by atoms with Gasteiger partial charge in [-0.2, -0.15) is 35.1 Å². The maximum Gasteiger partial charge on any atom is 2.00 e. The molecule has 0 unspecified atom stereocenters. The molecule has 1 heterocycles. The molecule has 0 fully saturated rings. The van der Waals surface area contributed by atoms with Crippen molar-refractivity contribution in [2.75, 3.05) is 0 Å². The molecule has 0 aliphatic rings. The fourth-order valence-electron chi connectivity index (χ4n) is 2.17. The van der Waals surface area contributed by atoms with E-state index in [4.69, 9.17) is 10.00 Å². The molecule has 4 nitrogen and oxygen atoms in total. The van der Waals surface area contributed by atoms with Crippen LogP contribution in [0.1, 0.15) is 11.1 Å². The Morgan fingerprint density at radius 2 is 1.88 bits per heavy atom. The molecule has 0 saturated heterocycles. The number of rotatable bonds is 3. The summed E-state index contributed by atoms with van der Waals surface area (Å²) >= 11 is 0. The molecule has 0 bridgehead atoms. The summed E-state index contributed by atoms with van der Waals surface area (Å²) in [6, 6.07) is 18.2. The number of benzene rings is 2. The Labute approximate surface area is 160 Å². The van der Waals surface area contributed by atoms with Gasteiger partial charge < -0.3 is 10.9 Å². The van der Waals surface area contributed by atoms with Crippen LogP contribution in [0.2, 0.25) is 0 Å². The second-order valence-electron chi connectivity index (χ2n) is 4.99. The average molecular weight is 503 g/mol. The van der Waals surface area contributed by atoms with Gasteiger partial charge in [0.1, 0.15) is 23.4 Å². The predicted molar refractivity (Wildman–Crippen MR) is 89.7 cm³/mol. The van der Waals surface area contributed by atoms with Crippen LogP contribution in [0, 0.1) is 30.1 Å². The summed E-state index contributed by atoms with van der Waals surface area (Å²) in [5, 5.41) is 8.87. The molecule has 25 heavy (non-hydrogen) atoms. The van der Waals surface area contributed by atoms with Crippen LogP contribution in [0.25, 0.3) is 17.4 Å². The molecule has 0 spiro atoms. The zero-order valence-electron chi connectivity index (χ0n) is 13.4. The van der Waals surface area contributed by atoms with Crippen molar-refractivity contribution in [1.29, 1.82) is 5.26 Å². The molecule has 0 radical (unpaired) electrons. The summed E-state index contributed by atoms with van der Waals surface area (Å²) in [5.41, 5.74) is 2.70. The van der Waals surface area contributed by atoms with Crippen molar-refractivity contribution in [1.82, 2.24) is 4.98 Å². The van der Waals surface area contributed by atoms with E-state index in [0.29, 0.717) is 11.5 Å². The van der Waals surface area contributed by atoms with E-state index >= 15 is 0 Å². The van der Waals surface area contributed by atoms with Gasteiger partial charge in [-0.25, -0.2) is 4.39 Å². The van der Waals surface area contributed by atoms with Gasteiger partial charge in [-0.1, -0.05) is 6.92 Å². The van der Waals surface area contributed by atoms with Gasteiger partial charge in [0.15, 0.2) is 0 Å². The van der Waals surface area contributed by atoms with E-state index in [0.717, 1.165) is 16.8 Å².